The summed E-state index contributed by atoms with van der Waals surface area (Å²) in [7, 11) is 0. The summed E-state index contributed by atoms with van der Waals surface area (Å²) in [6.45, 7) is 1.71. The molecule has 0 aliphatic heterocycles. The van der Waals surface area contributed by atoms with E-state index in [1.165, 1.54) is 18.5 Å². The Bertz CT molecular complexity index is 625. The summed E-state index contributed by atoms with van der Waals surface area (Å²) < 4.78 is 51.7. The lowest BCUT2D eigenvalue weighted by Gasteiger charge is -2.18. The molecule has 1 heterocycles. The van der Waals surface area contributed by atoms with Crippen LogP contribution >= 0.6 is 0 Å². The zero-order valence-corrected chi connectivity index (χ0v) is 10.4. The number of pyridine rings is 1. The van der Waals surface area contributed by atoms with Gasteiger partial charge < -0.3 is 5.11 Å². The van der Waals surface area contributed by atoms with Crippen molar-refractivity contribution in [3.05, 3.63) is 64.7 Å². The third kappa shape index (κ3) is 2.96. The van der Waals surface area contributed by atoms with Gasteiger partial charge in [-0.25, -0.2) is 4.39 Å². The van der Waals surface area contributed by atoms with Crippen molar-refractivity contribution in [1.82, 2.24) is 4.98 Å². The third-order valence-corrected chi connectivity index (χ3v) is 2.83. The maximum absolute atomic E-state index is 13.0. The van der Waals surface area contributed by atoms with Crippen LogP contribution in [0.1, 0.15) is 28.4 Å². The summed E-state index contributed by atoms with van der Waals surface area (Å²) in [5, 5.41) is 10.1. The second kappa shape index (κ2) is 5.20. The molecule has 0 amide bonds. The molecule has 106 valence electrons. The molecule has 0 spiro atoms. The van der Waals surface area contributed by atoms with Crippen LogP contribution < -0.4 is 0 Å². The van der Waals surface area contributed by atoms with Crippen molar-refractivity contribution in [1.29, 1.82) is 0 Å². The lowest BCUT2D eigenvalue weighted by molar-refractivity contribution is -0.139. The van der Waals surface area contributed by atoms with E-state index in [1.807, 2.05) is 0 Å². The van der Waals surface area contributed by atoms with E-state index < -0.39 is 29.2 Å². The van der Waals surface area contributed by atoms with Crippen LogP contribution in [0, 0.1) is 12.7 Å². The Morgan fingerprint density at radius 2 is 1.85 bits per heavy atom. The standard InChI is InChI=1S/C14H11F4NO/c1-8-4-9(7-19-6-8)13(20)11-3-2-10(15)5-12(11)14(16,17)18/h2-7,13,20H,1H3. The highest BCUT2D eigenvalue weighted by atomic mass is 19.4. The van der Waals surface area contributed by atoms with Gasteiger partial charge >= 0.3 is 6.18 Å². The van der Waals surface area contributed by atoms with Crippen molar-refractivity contribution < 1.29 is 22.7 Å². The molecule has 0 aliphatic carbocycles. The summed E-state index contributed by atoms with van der Waals surface area (Å²) in [6, 6.07) is 3.73. The Kier molecular flexibility index (Phi) is 3.76. The maximum Gasteiger partial charge on any atom is 0.416 e. The number of hydrogen-bond donors (Lipinski definition) is 1. The van der Waals surface area contributed by atoms with Crippen LogP contribution in [0.15, 0.2) is 36.7 Å². The van der Waals surface area contributed by atoms with Gasteiger partial charge in [-0.05, 0) is 30.2 Å². The SMILES string of the molecule is Cc1cncc(C(O)c2ccc(F)cc2C(F)(F)F)c1. The van der Waals surface area contributed by atoms with Gasteiger partial charge in [-0.2, -0.15) is 13.2 Å². The molecular weight excluding hydrogens is 274 g/mol. The fourth-order valence-corrected chi connectivity index (χ4v) is 1.92. The van der Waals surface area contributed by atoms with Crippen molar-refractivity contribution in [3.8, 4) is 0 Å². The highest BCUT2D eigenvalue weighted by Crippen LogP contribution is 2.36. The van der Waals surface area contributed by atoms with Crippen LogP contribution in [0.3, 0.4) is 0 Å². The van der Waals surface area contributed by atoms with Crippen molar-refractivity contribution in [2.75, 3.05) is 0 Å². The van der Waals surface area contributed by atoms with Crippen molar-refractivity contribution in [2.24, 2.45) is 0 Å². The second-order valence-electron chi connectivity index (χ2n) is 4.43. The first kappa shape index (κ1) is 14.5. The van der Waals surface area contributed by atoms with Crippen LogP contribution in [-0.2, 0) is 6.18 Å². The smallest absolute Gasteiger partial charge is 0.384 e. The van der Waals surface area contributed by atoms with Gasteiger partial charge in [0.1, 0.15) is 11.9 Å². The quantitative estimate of drug-likeness (QED) is 0.855. The number of aryl methyl sites for hydroxylation is 1. The number of benzene rings is 1. The zero-order valence-electron chi connectivity index (χ0n) is 10.4. The third-order valence-electron chi connectivity index (χ3n) is 2.83. The molecule has 2 rings (SSSR count). The molecule has 0 saturated carbocycles. The summed E-state index contributed by atoms with van der Waals surface area (Å²) in [5.41, 5.74) is -0.655. The Hall–Kier alpha value is -1.95. The monoisotopic (exact) mass is 285 g/mol. The largest absolute Gasteiger partial charge is 0.416 e. The summed E-state index contributed by atoms with van der Waals surface area (Å²) in [4.78, 5) is 3.82. The molecule has 0 bridgehead atoms. The van der Waals surface area contributed by atoms with Crippen LogP contribution in [-0.4, -0.2) is 10.1 Å². The van der Waals surface area contributed by atoms with Gasteiger partial charge in [0.25, 0.3) is 0 Å². The topological polar surface area (TPSA) is 33.1 Å². The van der Waals surface area contributed by atoms with E-state index >= 15 is 0 Å². The van der Waals surface area contributed by atoms with Crippen LogP contribution in [0.4, 0.5) is 17.6 Å². The fourth-order valence-electron chi connectivity index (χ4n) is 1.92. The van der Waals surface area contributed by atoms with E-state index in [4.69, 9.17) is 0 Å². The zero-order chi connectivity index (χ0) is 14.9. The predicted octanol–water partition coefficient (Wildman–Crippen LogP) is 3.63. The molecule has 1 N–H and O–H groups in total. The molecule has 1 atom stereocenters. The minimum Gasteiger partial charge on any atom is -0.384 e. The number of hydrogen-bond acceptors (Lipinski definition) is 2. The van der Waals surface area contributed by atoms with Crippen LogP contribution in [0.5, 0.6) is 0 Å². The van der Waals surface area contributed by atoms with E-state index in [9.17, 15) is 22.7 Å². The molecule has 1 unspecified atom stereocenters. The van der Waals surface area contributed by atoms with E-state index in [2.05, 4.69) is 4.98 Å². The maximum atomic E-state index is 13.0. The number of aliphatic hydroxyl groups excluding tert-OH is 1. The number of rotatable bonds is 2. The highest BCUT2D eigenvalue weighted by molar-refractivity contribution is 5.37. The van der Waals surface area contributed by atoms with E-state index in [1.54, 1.807) is 6.92 Å². The lowest BCUT2D eigenvalue weighted by Crippen LogP contribution is -2.13. The lowest BCUT2D eigenvalue weighted by atomic mass is 9.96. The van der Waals surface area contributed by atoms with Gasteiger partial charge in [0.15, 0.2) is 0 Å². The number of alkyl halides is 3. The molecule has 1 aromatic carbocycles. The number of nitrogens with zero attached hydrogens (tertiary/aromatic N) is 1. The predicted molar refractivity (Wildman–Crippen MR) is 64.4 cm³/mol. The molecule has 0 fully saturated rings. The van der Waals surface area contributed by atoms with Crippen LogP contribution in [0.25, 0.3) is 0 Å². The molecule has 1 aromatic heterocycles. The van der Waals surface area contributed by atoms with Gasteiger partial charge in [-0.15, -0.1) is 0 Å². The Balaban J connectivity index is 2.52. The average molecular weight is 285 g/mol. The van der Waals surface area contributed by atoms with Crippen molar-refractivity contribution in [3.63, 3.8) is 0 Å². The average Bonchev–Trinajstić information content (AvgIpc) is 2.37. The van der Waals surface area contributed by atoms with E-state index in [0.29, 0.717) is 11.6 Å². The minimum atomic E-state index is -4.74. The first-order valence-corrected chi connectivity index (χ1v) is 5.75. The van der Waals surface area contributed by atoms with Gasteiger partial charge in [0, 0.05) is 18.0 Å². The molecule has 20 heavy (non-hydrogen) atoms. The van der Waals surface area contributed by atoms with Gasteiger partial charge in [0.05, 0.1) is 5.56 Å². The Morgan fingerprint density at radius 3 is 2.45 bits per heavy atom. The number of aliphatic hydroxyl groups is 1. The van der Waals surface area contributed by atoms with E-state index in [0.717, 1.165) is 12.1 Å². The number of halogens is 4. The fraction of sp³-hybridized carbons (Fsp3) is 0.214. The molecule has 0 aliphatic rings. The van der Waals surface area contributed by atoms with E-state index in [-0.39, 0.29) is 5.56 Å². The van der Waals surface area contributed by atoms with Crippen molar-refractivity contribution >= 4 is 0 Å². The van der Waals surface area contributed by atoms with Gasteiger partial charge in [-0.1, -0.05) is 12.1 Å². The molecule has 2 nitrogen and oxygen atoms in total. The molecular formula is C14H11F4NO. The van der Waals surface area contributed by atoms with Gasteiger partial charge in [-0.3, -0.25) is 4.98 Å². The molecule has 0 radical (unpaired) electrons. The summed E-state index contributed by atoms with van der Waals surface area (Å²) in [5.74, 6) is -1.00. The molecule has 6 heteroatoms. The van der Waals surface area contributed by atoms with Crippen LogP contribution in [0.2, 0.25) is 0 Å². The highest BCUT2D eigenvalue weighted by Gasteiger charge is 2.35. The second-order valence-corrected chi connectivity index (χ2v) is 4.43. The Labute approximate surface area is 112 Å². The Morgan fingerprint density at radius 1 is 1.15 bits per heavy atom. The summed E-state index contributed by atoms with van der Waals surface area (Å²) >= 11 is 0. The first-order chi connectivity index (χ1) is 9.29. The minimum absolute atomic E-state index is 0.224. The van der Waals surface area contributed by atoms with Gasteiger partial charge in [0.2, 0.25) is 0 Å². The summed E-state index contributed by atoms with van der Waals surface area (Å²) in [6.07, 6.45) is -3.46. The first-order valence-electron chi connectivity index (χ1n) is 5.75. The molecule has 0 saturated heterocycles. The number of aromatic nitrogens is 1. The van der Waals surface area contributed by atoms with Crippen molar-refractivity contribution in [2.45, 2.75) is 19.2 Å². The normalized spacial score (nSPS) is 13.3. The molecule has 2 aromatic rings.